The topological polar surface area (TPSA) is 66.9 Å². The van der Waals surface area contributed by atoms with E-state index in [9.17, 15) is 14.4 Å². The summed E-state index contributed by atoms with van der Waals surface area (Å²) < 4.78 is 6.22. The van der Waals surface area contributed by atoms with E-state index in [4.69, 9.17) is 27.9 Å². The first-order valence-electron chi connectivity index (χ1n) is 10.2. The normalized spacial score (nSPS) is 12.9. The van der Waals surface area contributed by atoms with Crippen molar-refractivity contribution in [1.29, 1.82) is 0 Å². The van der Waals surface area contributed by atoms with Crippen molar-refractivity contribution in [3.8, 4) is 5.75 Å². The third-order valence-corrected chi connectivity index (χ3v) is 7.45. The van der Waals surface area contributed by atoms with E-state index in [0.29, 0.717) is 33.0 Å². The van der Waals surface area contributed by atoms with Gasteiger partial charge in [-0.1, -0.05) is 53.5 Å². The Labute approximate surface area is 208 Å². The second-order valence-corrected chi connectivity index (χ2v) is 9.38. The van der Waals surface area contributed by atoms with Crippen LogP contribution < -0.4 is 9.64 Å². The van der Waals surface area contributed by atoms with Gasteiger partial charge in [-0.15, -0.1) is 11.3 Å². The maximum atomic E-state index is 13.9. The van der Waals surface area contributed by atoms with Crippen LogP contribution in [-0.2, 0) is 0 Å². The van der Waals surface area contributed by atoms with E-state index >= 15 is 0 Å². The summed E-state index contributed by atoms with van der Waals surface area (Å²) in [7, 11) is 1.48. The number of para-hydroxylation sites is 2. The minimum absolute atomic E-state index is 0.265. The molecule has 1 aromatic heterocycles. The molecule has 0 atom stereocenters. The molecular formula is C25H16Cl2N2O4S. The lowest BCUT2D eigenvalue weighted by atomic mass is 10.1. The number of hydrogen-bond acceptors (Lipinski definition) is 5. The standard InChI is InChI=1S/C25H16Cl2N2O4S/c1-33-19-9-5-4-8-18(19)28(13-29-23(30)15-6-2-3-7-16(15)24(29)31)25(32)22-21(27)17-11-10-14(26)12-20(17)34-22/h2-12H,13H2,1H3. The number of thiophene rings is 1. The van der Waals surface area contributed by atoms with Gasteiger partial charge in [0.05, 0.1) is 28.9 Å². The van der Waals surface area contributed by atoms with Crippen LogP contribution >= 0.6 is 34.5 Å². The van der Waals surface area contributed by atoms with Crippen molar-refractivity contribution in [1.82, 2.24) is 4.90 Å². The molecule has 6 nitrogen and oxygen atoms in total. The number of rotatable bonds is 5. The minimum atomic E-state index is -0.470. The zero-order valence-corrected chi connectivity index (χ0v) is 20.1. The van der Waals surface area contributed by atoms with Crippen LogP contribution in [0.4, 0.5) is 5.69 Å². The number of carbonyl (C=O) groups is 3. The van der Waals surface area contributed by atoms with Crippen LogP contribution in [0.15, 0.2) is 66.7 Å². The van der Waals surface area contributed by atoms with Gasteiger partial charge in [-0.05, 0) is 36.4 Å². The Balaban J connectivity index is 1.60. The Morgan fingerprint density at radius 3 is 2.29 bits per heavy atom. The molecule has 5 rings (SSSR count). The number of anilines is 1. The van der Waals surface area contributed by atoms with Gasteiger partial charge in [0.15, 0.2) is 0 Å². The van der Waals surface area contributed by atoms with Gasteiger partial charge >= 0.3 is 0 Å². The van der Waals surface area contributed by atoms with Crippen LogP contribution in [-0.4, -0.2) is 36.4 Å². The van der Waals surface area contributed by atoms with Crippen LogP contribution in [0.3, 0.4) is 0 Å². The number of hydrogen-bond donors (Lipinski definition) is 0. The summed E-state index contributed by atoms with van der Waals surface area (Å²) in [4.78, 5) is 42.6. The van der Waals surface area contributed by atoms with Crippen LogP contribution in [0.1, 0.15) is 30.4 Å². The van der Waals surface area contributed by atoms with E-state index in [0.717, 1.165) is 9.60 Å². The highest BCUT2D eigenvalue weighted by Crippen LogP contribution is 2.39. The Hall–Kier alpha value is -3.39. The van der Waals surface area contributed by atoms with Crippen molar-refractivity contribution < 1.29 is 19.1 Å². The summed E-state index contributed by atoms with van der Waals surface area (Å²) in [5, 5.41) is 1.50. The summed E-state index contributed by atoms with van der Waals surface area (Å²) >= 11 is 13.9. The second-order valence-electron chi connectivity index (χ2n) is 7.52. The van der Waals surface area contributed by atoms with Gasteiger partial charge in [0, 0.05) is 15.1 Å². The number of halogens is 2. The molecule has 0 aliphatic carbocycles. The number of ether oxygens (including phenoxy) is 1. The van der Waals surface area contributed by atoms with E-state index in [1.807, 2.05) is 0 Å². The second kappa shape index (κ2) is 8.76. The van der Waals surface area contributed by atoms with E-state index in [1.54, 1.807) is 66.7 Å². The Bertz CT molecular complexity index is 1450. The molecule has 9 heteroatoms. The fourth-order valence-corrected chi connectivity index (χ4v) is 5.65. The van der Waals surface area contributed by atoms with Gasteiger partial charge in [0.25, 0.3) is 17.7 Å². The summed E-state index contributed by atoms with van der Waals surface area (Å²) in [5.74, 6) is -0.999. The molecule has 0 radical (unpaired) electrons. The SMILES string of the molecule is COc1ccccc1N(CN1C(=O)c2ccccc2C1=O)C(=O)c1sc2cc(Cl)ccc2c1Cl. The molecule has 0 saturated carbocycles. The molecule has 0 fully saturated rings. The minimum Gasteiger partial charge on any atom is -0.495 e. The predicted molar refractivity (Wildman–Crippen MR) is 133 cm³/mol. The molecule has 3 amide bonds. The maximum absolute atomic E-state index is 13.9. The van der Waals surface area contributed by atoms with Crippen molar-refractivity contribution in [2.75, 3.05) is 18.7 Å². The molecule has 0 spiro atoms. The fraction of sp³-hybridized carbons (Fsp3) is 0.0800. The number of amides is 3. The van der Waals surface area contributed by atoms with Crippen LogP contribution in [0.2, 0.25) is 10.0 Å². The highest BCUT2D eigenvalue weighted by Gasteiger charge is 2.38. The van der Waals surface area contributed by atoms with Crippen molar-refractivity contribution >= 4 is 68.0 Å². The molecular weight excluding hydrogens is 495 g/mol. The van der Waals surface area contributed by atoms with E-state index in [-0.39, 0.29) is 16.6 Å². The summed E-state index contributed by atoms with van der Waals surface area (Å²) in [6, 6.07) is 18.7. The van der Waals surface area contributed by atoms with E-state index in [1.165, 1.54) is 23.3 Å². The highest BCUT2D eigenvalue weighted by molar-refractivity contribution is 7.21. The third-order valence-electron chi connectivity index (χ3n) is 5.57. The van der Waals surface area contributed by atoms with Gasteiger partial charge in [-0.2, -0.15) is 0 Å². The quantitative estimate of drug-likeness (QED) is 0.303. The van der Waals surface area contributed by atoms with E-state index < -0.39 is 17.7 Å². The van der Waals surface area contributed by atoms with Crippen LogP contribution in [0.25, 0.3) is 10.1 Å². The predicted octanol–water partition coefficient (Wildman–Crippen LogP) is 6.12. The van der Waals surface area contributed by atoms with Gasteiger partial charge in [0.2, 0.25) is 0 Å². The molecule has 2 heterocycles. The summed E-state index contributed by atoms with van der Waals surface area (Å²) in [5.41, 5.74) is 1.00. The summed E-state index contributed by atoms with van der Waals surface area (Å²) in [6.07, 6.45) is 0. The van der Waals surface area contributed by atoms with Crippen LogP contribution in [0, 0.1) is 0 Å². The molecule has 3 aromatic carbocycles. The fourth-order valence-electron chi connectivity index (χ4n) is 3.91. The lowest BCUT2D eigenvalue weighted by Gasteiger charge is -2.28. The molecule has 0 N–H and O–H groups in total. The Morgan fingerprint density at radius 2 is 1.62 bits per heavy atom. The largest absolute Gasteiger partial charge is 0.495 e. The van der Waals surface area contributed by atoms with Gasteiger partial charge in [-0.3, -0.25) is 24.2 Å². The lowest BCUT2D eigenvalue weighted by molar-refractivity contribution is 0.0650. The van der Waals surface area contributed by atoms with E-state index in [2.05, 4.69) is 0 Å². The van der Waals surface area contributed by atoms with Crippen molar-refractivity contribution in [2.45, 2.75) is 0 Å². The Kier molecular flexibility index (Phi) is 5.77. The lowest BCUT2D eigenvalue weighted by Crippen LogP contribution is -2.44. The van der Waals surface area contributed by atoms with Gasteiger partial charge < -0.3 is 4.74 Å². The monoisotopic (exact) mass is 510 g/mol. The molecule has 1 aliphatic heterocycles. The van der Waals surface area contributed by atoms with Crippen molar-refractivity contribution in [3.05, 3.63) is 92.8 Å². The average molecular weight is 511 g/mol. The first-order chi connectivity index (χ1) is 16.4. The average Bonchev–Trinajstić information content (AvgIpc) is 3.30. The molecule has 0 unspecified atom stereocenters. The van der Waals surface area contributed by atoms with Gasteiger partial charge in [-0.25, -0.2) is 0 Å². The van der Waals surface area contributed by atoms with Gasteiger partial charge in [0.1, 0.15) is 17.3 Å². The molecule has 34 heavy (non-hydrogen) atoms. The zero-order valence-electron chi connectivity index (χ0n) is 17.7. The number of methoxy groups -OCH3 is 1. The smallest absolute Gasteiger partial charge is 0.271 e. The number of carbonyl (C=O) groups excluding carboxylic acids is 3. The highest BCUT2D eigenvalue weighted by atomic mass is 35.5. The number of benzene rings is 3. The number of fused-ring (bicyclic) bond motifs is 2. The first-order valence-corrected chi connectivity index (χ1v) is 11.8. The Morgan fingerprint density at radius 1 is 0.971 bits per heavy atom. The molecule has 170 valence electrons. The van der Waals surface area contributed by atoms with Crippen molar-refractivity contribution in [3.63, 3.8) is 0 Å². The molecule has 0 bridgehead atoms. The number of nitrogens with zero attached hydrogens (tertiary/aromatic N) is 2. The number of imide groups is 1. The molecule has 1 aliphatic rings. The summed E-state index contributed by atoms with van der Waals surface area (Å²) in [6.45, 7) is -0.309. The zero-order chi connectivity index (χ0) is 24.0. The maximum Gasteiger partial charge on any atom is 0.271 e. The van der Waals surface area contributed by atoms with Crippen molar-refractivity contribution in [2.24, 2.45) is 0 Å². The molecule has 0 saturated heterocycles. The first kappa shape index (κ1) is 22.4. The third kappa shape index (κ3) is 3.62. The molecule has 4 aromatic rings. The van der Waals surface area contributed by atoms with Crippen LogP contribution in [0.5, 0.6) is 5.75 Å².